The Balaban J connectivity index is 2.48. The highest BCUT2D eigenvalue weighted by Crippen LogP contribution is 2.24. The largest absolute Gasteiger partial charge is 0.453 e. The third kappa shape index (κ3) is 1.87. The highest BCUT2D eigenvalue weighted by molar-refractivity contribution is 5.97. The van der Waals surface area contributed by atoms with E-state index in [4.69, 9.17) is 4.42 Å². The second-order valence-corrected chi connectivity index (χ2v) is 4.26. The number of hydrogen-bond acceptors (Lipinski definition) is 2. The molecular weight excluding hydrogens is 200 g/mol. The fourth-order valence-electron chi connectivity index (χ4n) is 1.79. The molecule has 0 saturated carbocycles. The maximum atomic E-state index is 11.7. The van der Waals surface area contributed by atoms with Crippen LogP contribution in [0.2, 0.25) is 0 Å². The molecule has 0 aliphatic heterocycles. The summed E-state index contributed by atoms with van der Waals surface area (Å²) < 4.78 is 5.57. The van der Waals surface area contributed by atoms with E-state index in [1.54, 1.807) is 0 Å². The first-order chi connectivity index (χ1) is 7.61. The van der Waals surface area contributed by atoms with E-state index in [0.29, 0.717) is 12.2 Å². The van der Waals surface area contributed by atoms with Gasteiger partial charge < -0.3 is 4.42 Å². The molecule has 0 fully saturated rings. The zero-order valence-electron chi connectivity index (χ0n) is 9.96. The van der Waals surface area contributed by atoms with E-state index in [1.165, 1.54) is 11.1 Å². The van der Waals surface area contributed by atoms with Gasteiger partial charge in [0.2, 0.25) is 0 Å². The number of hydrogen-bond donors (Lipinski definition) is 0. The summed E-state index contributed by atoms with van der Waals surface area (Å²) in [6.07, 6.45) is 1.41. The van der Waals surface area contributed by atoms with Crippen LogP contribution in [0.4, 0.5) is 0 Å². The number of carbonyl (C=O) groups is 1. The number of aryl methyl sites for hydroxylation is 2. The Morgan fingerprint density at radius 2 is 1.88 bits per heavy atom. The van der Waals surface area contributed by atoms with Crippen molar-refractivity contribution in [2.24, 2.45) is 0 Å². The van der Waals surface area contributed by atoms with Crippen molar-refractivity contribution in [2.75, 3.05) is 0 Å². The van der Waals surface area contributed by atoms with Crippen molar-refractivity contribution in [3.05, 3.63) is 35.1 Å². The minimum absolute atomic E-state index is 0.0917. The summed E-state index contributed by atoms with van der Waals surface area (Å²) in [4.78, 5) is 11.7. The van der Waals surface area contributed by atoms with Gasteiger partial charge in [-0.15, -0.1) is 0 Å². The van der Waals surface area contributed by atoms with Gasteiger partial charge in [0.05, 0.1) is 0 Å². The quantitative estimate of drug-likeness (QED) is 0.725. The molecule has 0 aliphatic rings. The van der Waals surface area contributed by atoms with Crippen LogP contribution in [-0.2, 0) is 0 Å². The molecule has 0 amide bonds. The number of rotatable bonds is 3. The van der Waals surface area contributed by atoms with Crippen LogP contribution in [0.1, 0.15) is 41.4 Å². The summed E-state index contributed by atoms with van der Waals surface area (Å²) >= 11 is 0. The average Bonchev–Trinajstić information content (AvgIpc) is 2.62. The number of furan rings is 1. The lowest BCUT2D eigenvalue weighted by Gasteiger charge is -1.97. The van der Waals surface area contributed by atoms with Crippen LogP contribution >= 0.6 is 0 Å². The molecule has 2 rings (SSSR count). The normalized spacial score (nSPS) is 10.9. The molecular formula is C14H16O2. The molecule has 2 nitrogen and oxygen atoms in total. The second kappa shape index (κ2) is 4.12. The lowest BCUT2D eigenvalue weighted by Crippen LogP contribution is -1.94. The summed E-state index contributed by atoms with van der Waals surface area (Å²) in [5, 5.41) is 1.02. The third-order valence-corrected chi connectivity index (χ3v) is 2.88. The van der Waals surface area contributed by atoms with Gasteiger partial charge in [0, 0.05) is 11.8 Å². The van der Waals surface area contributed by atoms with E-state index >= 15 is 0 Å². The fourth-order valence-corrected chi connectivity index (χ4v) is 1.79. The molecule has 0 spiro atoms. The SMILES string of the molecule is CCCC(=O)c1cc2cc(C)c(C)cc2o1. The Morgan fingerprint density at radius 1 is 1.19 bits per heavy atom. The van der Waals surface area contributed by atoms with E-state index < -0.39 is 0 Å². The molecule has 84 valence electrons. The number of carbonyl (C=O) groups excluding carboxylic acids is 1. The average molecular weight is 216 g/mol. The third-order valence-electron chi connectivity index (χ3n) is 2.88. The molecule has 0 bridgehead atoms. The monoisotopic (exact) mass is 216 g/mol. The maximum absolute atomic E-state index is 11.7. The Morgan fingerprint density at radius 3 is 2.56 bits per heavy atom. The standard InChI is InChI=1S/C14H16O2/c1-4-5-12(15)14-8-11-6-9(2)10(3)7-13(11)16-14/h6-8H,4-5H2,1-3H3. The highest BCUT2D eigenvalue weighted by Gasteiger charge is 2.11. The summed E-state index contributed by atoms with van der Waals surface area (Å²) in [5.74, 6) is 0.579. The van der Waals surface area contributed by atoms with E-state index in [-0.39, 0.29) is 5.78 Å². The van der Waals surface area contributed by atoms with Gasteiger partial charge in [-0.1, -0.05) is 6.92 Å². The van der Waals surface area contributed by atoms with Crippen LogP contribution in [0.3, 0.4) is 0 Å². The molecule has 0 N–H and O–H groups in total. The first-order valence-corrected chi connectivity index (χ1v) is 5.66. The van der Waals surface area contributed by atoms with Crippen molar-refractivity contribution >= 4 is 16.8 Å². The first kappa shape index (κ1) is 10.9. The molecule has 0 unspecified atom stereocenters. The van der Waals surface area contributed by atoms with Crippen molar-refractivity contribution in [1.82, 2.24) is 0 Å². The Hall–Kier alpha value is -1.57. The predicted octanol–water partition coefficient (Wildman–Crippen LogP) is 4.03. The van der Waals surface area contributed by atoms with Gasteiger partial charge in [0.15, 0.2) is 11.5 Å². The predicted molar refractivity (Wildman–Crippen MR) is 64.9 cm³/mol. The zero-order chi connectivity index (χ0) is 11.7. The molecule has 1 aromatic carbocycles. The van der Waals surface area contributed by atoms with Crippen molar-refractivity contribution in [3.8, 4) is 0 Å². The van der Waals surface area contributed by atoms with Gasteiger partial charge >= 0.3 is 0 Å². The molecule has 0 saturated heterocycles. The van der Waals surface area contributed by atoms with Crippen molar-refractivity contribution in [2.45, 2.75) is 33.6 Å². The number of fused-ring (bicyclic) bond motifs is 1. The van der Waals surface area contributed by atoms with E-state index in [9.17, 15) is 4.79 Å². The van der Waals surface area contributed by atoms with Crippen LogP contribution in [0.15, 0.2) is 22.6 Å². The summed E-state index contributed by atoms with van der Waals surface area (Å²) in [6.45, 7) is 6.11. The number of Topliss-reactive ketones (excluding diaryl/α,β-unsaturated/α-hetero) is 1. The van der Waals surface area contributed by atoms with Crippen LogP contribution in [0, 0.1) is 13.8 Å². The van der Waals surface area contributed by atoms with Crippen molar-refractivity contribution < 1.29 is 9.21 Å². The Bertz CT molecular complexity index is 496. The minimum atomic E-state index is 0.0917. The molecule has 1 aromatic heterocycles. The smallest absolute Gasteiger partial charge is 0.198 e. The lowest BCUT2D eigenvalue weighted by atomic mass is 10.1. The van der Waals surface area contributed by atoms with Gasteiger partial charge in [-0.05, 0) is 49.6 Å². The van der Waals surface area contributed by atoms with Gasteiger partial charge in [-0.3, -0.25) is 4.79 Å². The van der Waals surface area contributed by atoms with E-state index in [2.05, 4.69) is 13.0 Å². The number of ketones is 1. The Labute approximate surface area is 95.3 Å². The van der Waals surface area contributed by atoms with Gasteiger partial charge in [0.25, 0.3) is 0 Å². The Kier molecular flexibility index (Phi) is 2.82. The van der Waals surface area contributed by atoms with Crippen LogP contribution < -0.4 is 0 Å². The van der Waals surface area contributed by atoms with Gasteiger partial charge in [-0.25, -0.2) is 0 Å². The topological polar surface area (TPSA) is 30.2 Å². The van der Waals surface area contributed by atoms with Crippen LogP contribution in [-0.4, -0.2) is 5.78 Å². The maximum Gasteiger partial charge on any atom is 0.198 e. The second-order valence-electron chi connectivity index (χ2n) is 4.26. The van der Waals surface area contributed by atoms with Crippen molar-refractivity contribution in [3.63, 3.8) is 0 Å². The molecule has 16 heavy (non-hydrogen) atoms. The summed E-state index contributed by atoms with van der Waals surface area (Å²) in [7, 11) is 0. The van der Waals surface area contributed by atoms with Gasteiger partial charge in [0.1, 0.15) is 5.58 Å². The molecule has 0 aliphatic carbocycles. The minimum Gasteiger partial charge on any atom is -0.453 e. The summed E-state index contributed by atoms with van der Waals surface area (Å²) in [6, 6.07) is 5.91. The molecule has 1 heterocycles. The van der Waals surface area contributed by atoms with Crippen LogP contribution in [0.25, 0.3) is 11.0 Å². The molecule has 2 aromatic rings. The first-order valence-electron chi connectivity index (χ1n) is 5.66. The zero-order valence-corrected chi connectivity index (χ0v) is 9.96. The lowest BCUT2D eigenvalue weighted by molar-refractivity contribution is 0.0957. The number of benzene rings is 1. The molecule has 0 atom stereocenters. The summed E-state index contributed by atoms with van der Waals surface area (Å²) in [5.41, 5.74) is 3.22. The highest BCUT2D eigenvalue weighted by atomic mass is 16.3. The van der Waals surface area contributed by atoms with Crippen LogP contribution in [0.5, 0.6) is 0 Å². The van der Waals surface area contributed by atoms with Crippen molar-refractivity contribution in [1.29, 1.82) is 0 Å². The van der Waals surface area contributed by atoms with E-state index in [1.807, 2.05) is 26.0 Å². The van der Waals surface area contributed by atoms with E-state index in [0.717, 1.165) is 17.4 Å². The fraction of sp³-hybridized carbons (Fsp3) is 0.357. The molecule has 0 radical (unpaired) electrons. The van der Waals surface area contributed by atoms with Gasteiger partial charge in [-0.2, -0.15) is 0 Å². The molecule has 2 heteroatoms.